The molecule has 5 nitrogen and oxygen atoms in total. The van der Waals surface area contributed by atoms with E-state index in [1.54, 1.807) is 12.1 Å². The van der Waals surface area contributed by atoms with E-state index in [2.05, 4.69) is 20.7 Å². The maximum atomic E-state index is 12.2. The third-order valence-corrected chi connectivity index (χ3v) is 5.23. The minimum Gasteiger partial charge on any atom is -0.481 e. The molecule has 19 heavy (non-hydrogen) atoms. The van der Waals surface area contributed by atoms with Crippen molar-refractivity contribution >= 4 is 31.9 Å². The van der Waals surface area contributed by atoms with E-state index in [9.17, 15) is 13.2 Å². The highest BCUT2D eigenvalue weighted by molar-refractivity contribution is 9.10. The Labute approximate surface area is 120 Å². The van der Waals surface area contributed by atoms with Crippen molar-refractivity contribution in [3.05, 3.63) is 28.7 Å². The van der Waals surface area contributed by atoms with E-state index in [4.69, 9.17) is 5.11 Å². The SMILES string of the molecule is O=C(O)C1CCCC1NS(=O)(=O)c1cccc(Br)c1. The molecule has 1 saturated carbocycles. The molecule has 0 aromatic heterocycles. The molecule has 0 amide bonds. The van der Waals surface area contributed by atoms with Crippen LogP contribution in [0, 0.1) is 5.92 Å². The standard InChI is InChI=1S/C12H14BrNO4S/c13-8-3-1-4-9(7-8)19(17,18)14-11-6-2-5-10(11)12(15)16/h1,3-4,7,10-11,14H,2,5-6H2,(H,15,16). The predicted octanol–water partition coefficient (Wildman–Crippen LogP) is 1.98. The summed E-state index contributed by atoms with van der Waals surface area (Å²) in [6.07, 6.45) is 1.80. The van der Waals surface area contributed by atoms with E-state index in [0.29, 0.717) is 17.3 Å². The molecule has 1 aromatic rings. The fraction of sp³-hybridized carbons (Fsp3) is 0.417. The van der Waals surface area contributed by atoms with Crippen LogP contribution in [0.5, 0.6) is 0 Å². The van der Waals surface area contributed by atoms with Gasteiger partial charge in [0.2, 0.25) is 10.0 Å². The van der Waals surface area contributed by atoms with Crippen molar-refractivity contribution in [3.63, 3.8) is 0 Å². The number of carboxylic acids is 1. The molecule has 1 aliphatic carbocycles. The number of sulfonamides is 1. The number of rotatable bonds is 4. The first-order chi connectivity index (χ1) is 8.90. The highest BCUT2D eigenvalue weighted by Gasteiger charge is 2.35. The smallest absolute Gasteiger partial charge is 0.308 e. The lowest BCUT2D eigenvalue weighted by Crippen LogP contribution is -2.40. The van der Waals surface area contributed by atoms with Crippen molar-refractivity contribution in [2.75, 3.05) is 0 Å². The fourth-order valence-electron chi connectivity index (χ4n) is 2.30. The average molecular weight is 348 g/mol. The molecule has 1 aliphatic rings. The first kappa shape index (κ1) is 14.5. The quantitative estimate of drug-likeness (QED) is 0.872. The van der Waals surface area contributed by atoms with Gasteiger partial charge in [-0.15, -0.1) is 0 Å². The van der Waals surface area contributed by atoms with Crippen LogP contribution >= 0.6 is 15.9 Å². The van der Waals surface area contributed by atoms with E-state index in [-0.39, 0.29) is 4.90 Å². The number of aliphatic carboxylic acids is 1. The van der Waals surface area contributed by atoms with Gasteiger partial charge in [0.15, 0.2) is 0 Å². The first-order valence-corrected chi connectivity index (χ1v) is 8.18. The summed E-state index contributed by atoms with van der Waals surface area (Å²) in [6, 6.07) is 5.81. The zero-order valence-corrected chi connectivity index (χ0v) is 12.4. The van der Waals surface area contributed by atoms with Gasteiger partial charge in [-0.3, -0.25) is 4.79 Å². The Kier molecular flexibility index (Phi) is 4.27. The molecule has 0 heterocycles. The molecule has 2 atom stereocenters. The van der Waals surface area contributed by atoms with Gasteiger partial charge in [-0.25, -0.2) is 13.1 Å². The van der Waals surface area contributed by atoms with E-state index in [1.165, 1.54) is 12.1 Å². The number of carboxylic acid groups (broad SMARTS) is 1. The maximum absolute atomic E-state index is 12.2. The zero-order chi connectivity index (χ0) is 14.0. The highest BCUT2D eigenvalue weighted by Crippen LogP contribution is 2.27. The molecule has 0 radical (unpaired) electrons. The van der Waals surface area contributed by atoms with Crippen LogP contribution in [-0.4, -0.2) is 25.5 Å². The number of halogens is 1. The number of nitrogens with one attached hydrogen (secondary N) is 1. The van der Waals surface area contributed by atoms with E-state index >= 15 is 0 Å². The molecule has 1 aromatic carbocycles. The molecule has 0 bridgehead atoms. The molecule has 2 N–H and O–H groups in total. The van der Waals surface area contributed by atoms with E-state index in [0.717, 1.165) is 6.42 Å². The van der Waals surface area contributed by atoms with Crippen LogP contribution < -0.4 is 4.72 Å². The van der Waals surface area contributed by atoms with Gasteiger partial charge in [-0.05, 0) is 31.0 Å². The van der Waals surface area contributed by atoms with Gasteiger partial charge >= 0.3 is 5.97 Å². The molecule has 2 unspecified atom stereocenters. The molecule has 1 fully saturated rings. The van der Waals surface area contributed by atoms with Crippen LogP contribution in [0.3, 0.4) is 0 Å². The van der Waals surface area contributed by atoms with Crippen molar-refractivity contribution in [2.24, 2.45) is 5.92 Å². The van der Waals surface area contributed by atoms with Gasteiger partial charge in [0.05, 0.1) is 10.8 Å². The van der Waals surface area contributed by atoms with Gasteiger partial charge in [0, 0.05) is 10.5 Å². The average Bonchev–Trinajstić information content (AvgIpc) is 2.76. The monoisotopic (exact) mass is 347 g/mol. The Morgan fingerprint density at radius 3 is 2.74 bits per heavy atom. The highest BCUT2D eigenvalue weighted by atomic mass is 79.9. The Morgan fingerprint density at radius 1 is 1.37 bits per heavy atom. The summed E-state index contributed by atoms with van der Waals surface area (Å²) in [5, 5.41) is 9.05. The lowest BCUT2D eigenvalue weighted by molar-refractivity contribution is -0.141. The summed E-state index contributed by atoms with van der Waals surface area (Å²) in [4.78, 5) is 11.2. The zero-order valence-electron chi connectivity index (χ0n) is 10.0. The largest absolute Gasteiger partial charge is 0.481 e. The Morgan fingerprint density at radius 2 is 2.11 bits per heavy atom. The van der Waals surface area contributed by atoms with Gasteiger partial charge in [0.25, 0.3) is 0 Å². The van der Waals surface area contributed by atoms with Crippen LogP contribution in [0.4, 0.5) is 0 Å². The Hall–Kier alpha value is -0.920. The number of hydrogen-bond acceptors (Lipinski definition) is 3. The van der Waals surface area contributed by atoms with Gasteiger partial charge < -0.3 is 5.11 Å². The molecule has 0 saturated heterocycles. The molecule has 0 aliphatic heterocycles. The van der Waals surface area contributed by atoms with E-state index < -0.39 is 28.0 Å². The van der Waals surface area contributed by atoms with Crippen LogP contribution in [0.15, 0.2) is 33.6 Å². The second-order valence-electron chi connectivity index (χ2n) is 4.56. The molecule has 2 rings (SSSR count). The fourth-order valence-corrected chi connectivity index (χ4v) is 4.21. The topological polar surface area (TPSA) is 83.5 Å². The first-order valence-electron chi connectivity index (χ1n) is 5.91. The summed E-state index contributed by atoms with van der Waals surface area (Å²) in [7, 11) is -3.68. The molecule has 0 spiro atoms. The lowest BCUT2D eigenvalue weighted by Gasteiger charge is -2.17. The molecule has 7 heteroatoms. The summed E-state index contributed by atoms with van der Waals surface area (Å²) in [5.74, 6) is -1.58. The third kappa shape index (κ3) is 3.34. The summed E-state index contributed by atoms with van der Waals surface area (Å²) >= 11 is 3.22. The maximum Gasteiger partial charge on any atom is 0.308 e. The van der Waals surface area contributed by atoms with Crippen molar-refractivity contribution in [2.45, 2.75) is 30.2 Å². The van der Waals surface area contributed by atoms with Gasteiger partial charge in [0.1, 0.15) is 0 Å². The van der Waals surface area contributed by atoms with Crippen LogP contribution in [-0.2, 0) is 14.8 Å². The molecular formula is C12H14BrNO4S. The van der Waals surface area contributed by atoms with Crippen molar-refractivity contribution in [1.82, 2.24) is 4.72 Å². The van der Waals surface area contributed by atoms with Gasteiger partial charge in [-0.1, -0.05) is 28.4 Å². The van der Waals surface area contributed by atoms with Crippen LogP contribution in [0.1, 0.15) is 19.3 Å². The lowest BCUT2D eigenvalue weighted by atomic mass is 10.1. The predicted molar refractivity (Wildman–Crippen MR) is 73.2 cm³/mol. The Bertz CT molecular complexity index is 587. The molecular weight excluding hydrogens is 334 g/mol. The summed E-state index contributed by atoms with van der Waals surface area (Å²) < 4.78 is 27.5. The van der Waals surface area contributed by atoms with Crippen LogP contribution in [0.2, 0.25) is 0 Å². The second-order valence-corrected chi connectivity index (χ2v) is 7.19. The van der Waals surface area contributed by atoms with E-state index in [1.807, 2.05) is 0 Å². The second kappa shape index (κ2) is 5.60. The Balaban J connectivity index is 2.20. The van der Waals surface area contributed by atoms with Gasteiger partial charge in [-0.2, -0.15) is 0 Å². The molecule has 104 valence electrons. The number of hydrogen-bond donors (Lipinski definition) is 2. The number of benzene rings is 1. The summed E-state index contributed by atoms with van der Waals surface area (Å²) in [6.45, 7) is 0. The minimum absolute atomic E-state index is 0.137. The van der Waals surface area contributed by atoms with Crippen molar-refractivity contribution < 1.29 is 18.3 Å². The third-order valence-electron chi connectivity index (χ3n) is 3.25. The van der Waals surface area contributed by atoms with Crippen molar-refractivity contribution in [1.29, 1.82) is 0 Å². The summed E-state index contributed by atoms with van der Waals surface area (Å²) in [5.41, 5.74) is 0. The number of carbonyl (C=O) groups is 1. The van der Waals surface area contributed by atoms with Crippen LogP contribution in [0.25, 0.3) is 0 Å². The minimum atomic E-state index is -3.68. The van der Waals surface area contributed by atoms with Crippen molar-refractivity contribution in [3.8, 4) is 0 Å². The normalized spacial score (nSPS) is 23.4.